The Balaban J connectivity index is 1.42. The molecule has 162 valence electrons. The number of methoxy groups -OCH3 is 1. The molecule has 6 heteroatoms. The Morgan fingerprint density at radius 3 is 2.35 bits per heavy atom. The first-order valence-corrected chi connectivity index (χ1v) is 13.1. The summed E-state index contributed by atoms with van der Waals surface area (Å²) < 4.78 is 7.25. The van der Waals surface area contributed by atoms with E-state index in [1.54, 1.807) is 13.3 Å². The number of aromatic nitrogens is 2. The molecule has 1 fully saturated rings. The molecule has 0 amide bonds. The number of rotatable bonds is 8. The Labute approximate surface area is 185 Å². The Hall–Kier alpha value is -2.51. The fourth-order valence-corrected chi connectivity index (χ4v) is 5.17. The van der Waals surface area contributed by atoms with Gasteiger partial charge in [0.15, 0.2) is 0 Å². The van der Waals surface area contributed by atoms with E-state index < -0.39 is 9.04 Å². The highest BCUT2D eigenvalue weighted by Gasteiger charge is 2.29. The van der Waals surface area contributed by atoms with Crippen molar-refractivity contribution in [2.75, 3.05) is 13.7 Å². The summed E-state index contributed by atoms with van der Waals surface area (Å²) in [6.07, 6.45) is 10.1. The predicted octanol–water partition coefficient (Wildman–Crippen LogP) is 3.24. The third kappa shape index (κ3) is 4.88. The van der Waals surface area contributed by atoms with Crippen LogP contribution in [0.15, 0.2) is 67.0 Å². The van der Waals surface area contributed by atoms with Crippen molar-refractivity contribution in [2.24, 2.45) is 0 Å². The maximum Gasteiger partial charge on any atom is 0.242 e. The molecule has 2 aromatic carbocycles. The van der Waals surface area contributed by atoms with Gasteiger partial charge in [0, 0.05) is 19.5 Å². The monoisotopic (exact) mass is 434 g/mol. The van der Waals surface area contributed by atoms with Gasteiger partial charge in [-0.15, -0.1) is 0 Å². The van der Waals surface area contributed by atoms with Crippen LogP contribution in [0.4, 0.5) is 0 Å². The van der Waals surface area contributed by atoms with Crippen molar-refractivity contribution >= 4 is 20.6 Å². The minimum atomic E-state index is -2.04. The molecular weight excluding hydrogens is 404 g/mol. The van der Waals surface area contributed by atoms with Crippen LogP contribution in [0.25, 0.3) is 17.2 Å². The van der Waals surface area contributed by atoms with Crippen molar-refractivity contribution in [3.05, 3.63) is 78.1 Å². The van der Waals surface area contributed by atoms with Crippen molar-refractivity contribution in [3.8, 4) is 11.1 Å². The van der Waals surface area contributed by atoms with E-state index >= 15 is 0 Å². The predicted molar refractivity (Wildman–Crippen MR) is 127 cm³/mol. The molecule has 1 saturated carbocycles. The van der Waals surface area contributed by atoms with Crippen molar-refractivity contribution in [2.45, 2.75) is 37.5 Å². The SMILES string of the molecule is COC1CC(c2ccc(-c3ccc(/C=C/[C@@H](CO)n4ccnc4[Si@H](C)O)cc3)cc2)C1. The van der Waals surface area contributed by atoms with Crippen molar-refractivity contribution in [3.63, 3.8) is 0 Å². The topological polar surface area (TPSA) is 67.5 Å². The molecule has 0 unspecified atom stereocenters. The summed E-state index contributed by atoms with van der Waals surface area (Å²) in [6, 6.07) is 17.0. The van der Waals surface area contributed by atoms with Crippen LogP contribution in [0.5, 0.6) is 0 Å². The Kier molecular flexibility index (Phi) is 6.82. The number of benzene rings is 2. The molecule has 0 radical (unpaired) electrons. The van der Waals surface area contributed by atoms with Gasteiger partial charge in [0.1, 0.15) is 5.45 Å². The van der Waals surface area contributed by atoms with Gasteiger partial charge < -0.3 is 19.2 Å². The van der Waals surface area contributed by atoms with Crippen molar-refractivity contribution in [1.82, 2.24) is 9.55 Å². The zero-order valence-electron chi connectivity index (χ0n) is 18.1. The standard InChI is InChI=1S/C25H30N2O3Si/c1-30-24-15-22(16-24)21-10-8-20(9-11-21)19-6-3-18(4-7-19)5-12-23(17-28)27-14-13-26-25(27)31(2)29/h3-14,22-24,28-29,31H,15-17H2,1-2H3/b12-5+/t22?,23-,24?,31-/m0/s1. The summed E-state index contributed by atoms with van der Waals surface area (Å²) in [7, 11) is -0.253. The molecule has 0 saturated heterocycles. The van der Waals surface area contributed by atoms with E-state index in [1.165, 1.54) is 16.7 Å². The van der Waals surface area contributed by atoms with Gasteiger partial charge in [-0.05, 0) is 47.6 Å². The molecule has 31 heavy (non-hydrogen) atoms. The highest BCUT2D eigenvalue weighted by atomic mass is 28.3. The van der Waals surface area contributed by atoms with Gasteiger partial charge >= 0.3 is 0 Å². The molecule has 1 aliphatic rings. The van der Waals surface area contributed by atoms with E-state index in [9.17, 15) is 9.90 Å². The van der Waals surface area contributed by atoms with E-state index in [0.29, 0.717) is 17.5 Å². The van der Waals surface area contributed by atoms with Gasteiger partial charge in [0.05, 0.1) is 18.8 Å². The van der Waals surface area contributed by atoms with Crippen LogP contribution in [-0.2, 0) is 4.74 Å². The van der Waals surface area contributed by atoms with E-state index in [1.807, 2.05) is 29.5 Å². The average Bonchev–Trinajstić information content (AvgIpc) is 3.25. The molecule has 2 N–H and O–H groups in total. The molecule has 0 spiro atoms. The molecule has 2 atom stereocenters. The van der Waals surface area contributed by atoms with Crippen molar-refractivity contribution < 1.29 is 14.6 Å². The third-order valence-electron chi connectivity index (χ3n) is 6.18. The lowest BCUT2D eigenvalue weighted by molar-refractivity contribution is 0.0258. The second kappa shape index (κ2) is 9.74. The average molecular weight is 435 g/mol. The molecule has 1 heterocycles. The first-order chi connectivity index (χ1) is 15.1. The highest BCUT2D eigenvalue weighted by molar-refractivity contribution is 6.63. The van der Waals surface area contributed by atoms with Gasteiger partial charge in [0.2, 0.25) is 9.04 Å². The maximum absolute atomic E-state index is 9.99. The number of imidazole rings is 1. The summed E-state index contributed by atoms with van der Waals surface area (Å²) in [4.78, 5) is 14.2. The van der Waals surface area contributed by atoms with Crippen LogP contribution in [0.3, 0.4) is 0 Å². The number of nitrogens with zero attached hydrogens (tertiary/aromatic N) is 2. The Morgan fingerprint density at radius 2 is 1.77 bits per heavy atom. The zero-order chi connectivity index (χ0) is 21.8. The van der Waals surface area contributed by atoms with E-state index in [0.717, 1.165) is 18.4 Å². The fourth-order valence-electron chi connectivity index (χ4n) is 4.16. The summed E-state index contributed by atoms with van der Waals surface area (Å²) in [5, 5.41) is 9.81. The normalized spacial score (nSPS) is 20.5. The van der Waals surface area contributed by atoms with Crippen LogP contribution >= 0.6 is 0 Å². The molecule has 4 rings (SSSR count). The van der Waals surface area contributed by atoms with Gasteiger partial charge in [0.25, 0.3) is 0 Å². The minimum absolute atomic E-state index is 0.0441. The minimum Gasteiger partial charge on any atom is -0.427 e. The fraction of sp³-hybridized carbons (Fsp3) is 0.320. The quantitative estimate of drug-likeness (QED) is 0.534. The van der Waals surface area contributed by atoms with Crippen LogP contribution < -0.4 is 5.45 Å². The number of ether oxygens (including phenoxy) is 1. The second-order valence-corrected chi connectivity index (χ2v) is 10.1. The van der Waals surface area contributed by atoms with Crippen LogP contribution in [0.2, 0.25) is 6.55 Å². The Bertz CT molecular complexity index is 1010. The highest BCUT2D eigenvalue weighted by Crippen LogP contribution is 2.38. The van der Waals surface area contributed by atoms with E-state index in [-0.39, 0.29) is 12.6 Å². The number of aliphatic hydroxyl groups is 1. The van der Waals surface area contributed by atoms with Gasteiger partial charge in [-0.2, -0.15) is 0 Å². The maximum atomic E-state index is 9.99. The second-order valence-electron chi connectivity index (χ2n) is 8.25. The summed E-state index contributed by atoms with van der Waals surface area (Å²) in [6.45, 7) is 1.77. The number of aliphatic hydroxyl groups excluding tert-OH is 1. The smallest absolute Gasteiger partial charge is 0.242 e. The van der Waals surface area contributed by atoms with Crippen LogP contribution in [-0.4, -0.2) is 48.3 Å². The first-order valence-electron chi connectivity index (χ1n) is 10.8. The van der Waals surface area contributed by atoms with E-state index in [4.69, 9.17) is 4.74 Å². The first kappa shape index (κ1) is 21.7. The van der Waals surface area contributed by atoms with Gasteiger partial charge in [-0.25, -0.2) is 4.98 Å². The summed E-state index contributed by atoms with van der Waals surface area (Å²) in [5.41, 5.74) is 5.53. The largest absolute Gasteiger partial charge is 0.427 e. The van der Waals surface area contributed by atoms with Gasteiger partial charge in [-0.3, -0.25) is 0 Å². The molecule has 0 bridgehead atoms. The van der Waals surface area contributed by atoms with E-state index in [2.05, 4.69) is 53.5 Å². The molecule has 3 aromatic rings. The molecule has 1 aliphatic carbocycles. The molecule has 5 nitrogen and oxygen atoms in total. The van der Waals surface area contributed by atoms with Crippen molar-refractivity contribution in [1.29, 1.82) is 0 Å². The van der Waals surface area contributed by atoms with Crippen LogP contribution in [0.1, 0.15) is 35.9 Å². The third-order valence-corrected chi connectivity index (χ3v) is 7.38. The Morgan fingerprint density at radius 1 is 1.13 bits per heavy atom. The number of hydrogen-bond donors (Lipinski definition) is 2. The molecular formula is C25H30N2O3Si. The lowest BCUT2D eigenvalue weighted by atomic mass is 9.77. The summed E-state index contributed by atoms with van der Waals surface area (Å²) >= 11 is 0. The van der Waals surface area contributed by atoms with Gasteiger partial charge in [-0.1, -0.05) is 60.7 Å². The summed E-state index contributed by atoms with van der Waals surface area (Å²) in [5.74, 6) is 0.624. The zero-order valence-corrected chi connectivity index (χ0v) is 19.2. The molecule has 0 aliphatic heterocycles. The lowest BCUT2D eigenvalue weighted by Crippen LogP contribution is -2.37. The lowest BCUT2D eigenvalue weighted by Gasteiger charge is -2.34. The number of hydrogen-bond acceptors (Lipinski definition) is 4. The molecule has 1 aromatic heterocycles. The van der Waals surface area contributed by atoms with Crippen LogP contribution in [0, 0.1) is 0 Å².